The lowest BCUT2D eigenvalue weighted by atomic mass is 10.1. The smallest absolute Gasteiger partial charge is 0.206 e. The topological polar surface area (TPSA) is 46.2 Å². The summed E-state index contributed by atoms with van der Waals surface area (Å²) in [6.45, 7) is 1.83. The lowest BCUT2D eigenvalue weighted by Gasteiger charge is -2.13. The number of hydrogen-bond donors (Lipinski definition) is 1. The predicted octanol–water partition coefficient (Wildman–Crippen LogP) is 3.55. The third-order valence-corrected chi connectivity index (χ3v) is 6.10. The van der Waals surface area contributed by atoms with Crippen LogP contribution in [0.3, 0.4) is 0 Å². The maximum absolute atomic E-state index is 12.1. The van der Waals surface area contributed by atoms with Crippen LogP contribution in [-0.2, 0) is 10.0 Å². The Kier molecular flexibility index (Phi) is 4.21. The van der Waals surface area contributed by atoms with Gasteiger partial charge in [0.15, 0.2) is 0 Å². The molecular weight excluding hydrogens is 334 g/mol. The predicted molar refractivity (Wildman–Crippen MR) is 77.2 cm³/mol. The third kappa shape index (κ3) is 3.20. The van der Waals surface area contributed by atoms with Crippen molar-refractivity contribution in [2.24, 2.45) is 0 Å². The fraction of sp³-hybridized carbons (Fsp3) is 0.167. The zero-order chi connectivity index (χ0) is 13.2. The van der Waals surface area contributed by atoms with E-state index in [2.05, 4.69) is 20.7 Å². The number of thiophene rings is 1. The zero-order valence-electron chi connectivity index (χ0n) is 9.63. The summed E-state index contributed by atoms with van der Waals surface area (Å²) in [6.07, 6.45) is 0. The van der Waals surface area contributed by atoms with Gasteiger partial charge in [-0.1, -0.05) is 30.3 Å². The van der Waals surface area contributed by atoms with E-state index >= 15 is 0 Å². The van der Waals surface area contributed by atoms with Gasteiger partial charge in [-0.15, -0.1) is 11.3 Å². The van der Waals surface area contributed by atoms with Crippen molar-refractivity contribution in [3.8, 4) is 0 Å². The van der Waals surface area contributed by atoms with Crippen LogP contribution in [0.5, 0.6) is 0 Å². The van der Waals surface area contributed by atoms with Crippen LogP contribution < -0.4 is 4.72 Å². The van der Waals surface area contributed by atoms with E-state index in [0.29, 0.717) is 4.21 Å². The molecule has 0 aliphatic heterocycles. The van der Waals surface area contributed by atoms with E-state index < -0.39 is 10.0 Å². The summed E-state index contributed by atoms with van der Waals surface area (Å²) >= 11 is 4.46. The van der Waals surface area contributed by atoms with Crippen LogP contribution in [0.25, 0.3) is 0 Å². The van der Waals surface area contributed by atoms with Gasteiger partial charge in [0.05, 0.1) is 3.79 Å². The monoisotopic (exact) mass is 345 g/mol. The Labute approximate surface area is 119 Å². The Hall–Kier alpha value is -0.690. The standard InChI is InChI=1S/C12H12BrNO2S2/c1-9(10-5-3-2-4-6-10)14-18(15,16)12-8-7-11(13)17-12/h2-9,14H,1H3/t9-/m0/s1. The molecule has 1 aromatic carbocycles. The fourth-order valence-electron chi connectivity index (χ4n) is 1.54. The maximum atomic E-state index is 12.1. The molecule has 0 radical (unpaired) electrons. The van der Waals surface area contributed by atoms with Crippen molar-refractivity contribution in [1.29, 1.82) is 0 Å². The van der Waals surface area contributed by atoms with Gasteiger partial charge in [0.2, 0.25) is 0 Å². The average Bonchev–Trinajstić information content (AvgIpc) is 2.77. The Morgan fingerprint density at radius 1 is 1.17 bits per heavy atom. The molecule has 0 amide bonds. The summed E-state index contributed by atoms with van der Waals surface area (Å²) in [4.78, 5) is 0. The second-order valence-corrected chi connectivity index (χ2v) is 8.22. The Balaban J connectivity index is 2.19. The highest BCUT2D eigenvalue weighted by Crippen LogP contribution is 2.27. The van der Waals surface area contributed by atoms with Gasteiger partial charge in [0.1, 0.15) is 4.21 Å². The van der Waals surface area contributed by atoms with E-state index in [1.54, 1.807) is 12.1 Å². The van der Waals surface area contributed by atoms with E-state index in [1.165, 1.54) is 11.3 Å². The Morgan fingerprint density at radius 3 is 2.39 bits per heavy atom. The number of hydrogen-bond acceptors (Lipinski definition) is 3. The van der Waals surface area contributed by atoms with Crippen LogP contribution >= 0.6 is 27.3 Å². The third-order valence-electron chi connectivity index (χ3n) is 2.44. The molecule has 0 saturated heterocycles. The first-order valence-corrected chi connectivity index (χ1v) is 8.41. The van der Waals surface area contributed by atoms with Crippen molar-refractivity contribution >= 4 is 37.3 Å². The summed E-state index contributed by atoms with van der Waals surface area (Å²) in [5.41, 5.74) is 0.941. The molecule has 0 unspecified atom stereocenters. The lowest BCUT2D eigenvalue weighted by Crippen LogP contribution is -2.26. The van der Waals surface area contributed by atoms with Gasteiger partial charge >= 0.3 is 0 Å². The largest absolute Gasteiger partial charge is 0.250 e. The molecule has 0 bridgehead atoms. The average molecular weight is 346 g/mol. The molecule has 1 N–H and O–H groups in total. The molecule has 0 fully saturated rings. The van der Waals surface area contributed by atoms with Gasteiger partial charge in [-0.05, 0) is 40.5 Å². The van der Waals surface area contributed by atoms with Gasteiger partial charge in [-0.2, -0.15) is 0 Å². The highest BCUT2D eigenvalue weighted by molar-refractivity contribution is 9.11. The second kappa shape index (κ2) is 5.52. The molecule has 2 aromatic rings. The van der Waals surface area contributed by atoms with Crippen molar-refractivity contribution in [3.63, 3.8) is 0 Å². The minimum absolute atomic E-state index is 0.253. The van der Waals surface area contributed by atoms with Gasteiger partial charge in [-0.25, -0.2) is 13.1 Å². The van der Waals surface area contributed by atoms with Crippen LogP contribution in [0, 0.1) is 0 Å². The summed E-state index contributed by atoms with van der Waals surface area (Å²) in [5, 5.41) is 0. The first-order valence-electron chi connectivity index (χ1n) is 5.31. The number of halogens is 1. The molecule has 18 heavy (non-hydrogen) atoms. The minimum atomic E-state index is -3.45. The molecule has 96 valence electrons. The molecule has 0 aliphatic rings. The molecule has 1 atom stereocenters. The molecule has 0 saturated carbocycles. The van der Waals surface area contributed by atoms with Crippen molar-refractivity contribution in [3.05, 3.63) is 51.8 Å². The lowest BCUT2D eigenvalue weighted by molar-refractivity contribution is 0.569. The second-order valence-electron chi connectivity index (χ2n) is 3.81. The van der Waals surface area contributed by atoms with Gasteiger partial charge in [0.25, 0.3) is 10.0 Å². The SMILES string of the molecule is C[C@H](NS(=O)(=O)c1ccc(Br)s1)c1ccccc1. The van der Waals surface area contributed by atoms with E-state index in [9.17, 15) is 8.42 Å². The van der Waals surface area contributed by atoms with E-state index in [0.717, 1.165) is 9.35 Å². The van der Waals surface area contributed by atoms with Gasteiger partial charge in [0, 0.05) is 6.04 Å². The summed E-state index contributed by atoms with van der Waals surface area (Å²) in [7, 11) is -3.45. The molecule has 1 aromatic heterocycles. The molecule has 3 nitrogen and oxygen atoms in total. The van der Waals surface area contributed by atoms with Crippen LogP contribution in [0.2, 0.25) is 0 Å². The van der Waals surface area contributed by atoms with E-state index in [4.69, 9.17) is 0 Å². The van der Waals surface area contributed by atoms with Crippen molar-refractivity contribution in [1.82, 2.24) is 4.72 Å². The van der Waals surface area contributed by atoms with Gasteiger partial charge in [-0.3, -0.25) is 0 Å². The van der Waals surface area contributed by atoms with Crippen LogP contribution in [0.4, 0.5) is 0 Å². The molecule has 1 heterocycles. The van der Waals surface area contributed by atoms with E-state index in [1.807, 2.05) is 37.3 Å². The number of sulfonamides is 1. The number of rotatable bonds is 4. The quantitative estimate of drug-likeness (QED) is 0.920. The molecule has 0 spiro atoms. The number of benzene rings is 1. The van der Waals surface area contributed by atoms with Crippen molar-refractivity contribution in [2.75, 3.05) is 0 Å². The summed E-state index contributed by atoms with van der Waals surface area (Å²) in [5.74, 6) is 0. The molecular formula is C12H12BrNO2S2. The minimum Gasteiger partial charge on any atom is -0.206 e. The first-order chi connectivity index (χ1) is 8.49. The highest BCUT2D eigenvalue weighted by Gasteiger charge is 2.19. The molecule has 6 heteroatoms. The van der Waals surface area contributed by atoms with Crippen LogP contribution in [0.15, 0.2) is 50.5 Å². The Morgan fingerprint density at radius 2 is 1.83 bits per heavy atom. The fourth-order valence-corrected chi connectivity index (χ4v) is 4.80. The highest BCUT2D eigenvalue weighted by atomic mass is 79.9. The van der Waals surface area contributed by atoms with Crippen LogP contribution in [0.1, 0.15) is 18.5 Å². The molecule has 0 aliphatic carbocycles. The Bertz CT molecular complexity index is 623. The maximum Gasteiger partial charge on any atom is 0.250 e. The summed E-state index contributed by atoms with van der Waals surface area (Å²) in [6, 6.07) is 12.6. The van der Waals surface area contributed by atoms with Gasteiger partial charge < -0.3 is 0 Å². The van der Waals surface area contributed by atoms with E-state index in [-0.39, 0.29) is 6.04 Å². The van der Waals surface area contributed by atoms with Crippen molar-refractivity contribution < 1.29 is 8.42 Å². The van der Waals surface area contributed by atoms with Crippen molar-refractivity contribution in [2.45, 2.75) is 17.2 Å². The van der Waals surface area contributed by atoms with Crippen LogP contribution in [-0.4, -0.2) is 8.42 Å². The number of nitrogens with one attached hydrogen (secondary N) is 1. The first kappa shape index (κ1) is 13.7. The normalized spacial score (nSPS) is 13.4. The zero-order valence-corrected chi connectivity index (χ0v) is 12.8. The molecule has 2 rings (SSSR count). The summed E-state index contributed by atoms with van der Waals surface area (Å²) < 4.78 is 28.0.